The van der Waals surface area contributed by atoms with Gasteiger partial charge in [0.1, 0.15) is 0 Å². The molecule has 2 heterocycles. The van der Waals surface area contributed by atoms with E-state index in [4.69, 9.17) is 4.74 Å². The summed E-state index contributed by atoms with van der Waals surface area (Å²) in [6, 6.07) is 5.86. The number of nitrogens with one attached hydrogen (secondary N) is 2. The van der Waals surface area contributed by atoms with Gasteiger partial charge in [0.05, 0.1) is 17.6 Å². The molecule has 0 aliphatic heterocycles. The Balaban J connectivity index is 1.92. The molecule has 0 spiro atoms. The number of H-pyrrole nitrogens is 2. The van der Waals surface area contributed by atoms with E-state index in [-0.39, 0.29) is 17.9 Å². The van der Waals surface area contributed by atoms with Gasteiger partial charge in [-0.05, 0) is 44.9 Å². The number of carbonyl (C=O) groups is 1. The van der Waals surface area contributed by atoms with Crippen LogP contribution in [0.5, 0.6) is 0 Å². The molecule has 0 aliphatic rings. The number of aryl methyl sites for hydroxylation is 2. The van der Waals surface area contributed by atoms with Crippen LogP contribution in [0.4, 0.5) is 0 Å². The third-order valence-electron chi connectivity index (χ3n) is 3.91. The molecule has 0 saturated carbocycles. The number of aromatic nitrogens is 4. The summed E-state index contributed by atoms with van der Waals surface area (Å²) in [6.45, 7) is 5.91. The highest BCUT2D eigenvalue weighted by Crippen LogP contribution is 2.15. The maximum Gasteiger partial charge on any atom is 0.306 e. The van der Waals surface area contributed by atoms with E-state index >= 15 is 0 Å². The summed E-state index contributed by atoms with van der Waals surface area (Å²) in [4.78, 5) is 31.7. The van der Waals surface area contributed by atoms with Crippen LogP contribution in [0, 0.1) is 13.8 Å². The van der Waals surface area contributed by atoms with Gasteiger partial charge in [-0.25, -0.2) is 4.98 Å². The van der Waals surface area contributed by atoms with Crippen LogP contribution in [-0.4, -0.2) is 32.3 Å². The zero-order valence-electron chi connectivity index (χ0n) is 14.0. The van der Waals surface area contributed by atoms with E-state index in [1.54, 1.807) is 6.92 Å². The number of ether oxygens (including phenoxy) is 1. The predicted octanol–water partition coefficient (Wildman–Crippen LogP) is 2.15. The first-order chi connectivity index (χ1) is 11.5. The third kappa shape index (κ3) is 2.97. The lowest BCUT2D eigenvalue weighted by atomic mass is 10.1. The Bertz CT molecular complexity index is 949. The number of hydrogen-bond donors (Lipinski definition) is 2. The van der Waals surface area contributed by atoms with Gasteiger partial charge < -0.3 is 9.72 Å². The number of imidazole rings is 1. The number of benzene rings is 1. The van der Waals surface area contributed by atoms with Gasteiger partial charge >= 0.3 is 5.97 Å². The highest BCUT2D eigenvalue weighted by molar-refractivity contribution is 5.77. The second-order valence-electron chi connectivity index (χ2n) is 5.74. The number of hydrogen-bond acceptors (Lipinski definition) is 4. The maximum atomic E-state index is 12.6. The lowest BCUT2D eigenvalue weighted by molar-refractivity contribution is -0.143. The molecule has 0 bridgehead atoms. The Kier molecular flexibility index (Phi) is 4.24. The molecule has 0 atom stereocenters. The van der Waals surface area contributed by atoms with Crippen LogP contribution < -0.4 is 5.56 Å². The smallest absolute Gasteiger partial charge is 0.306 e. The molecule has 2 aromatic heterocycles. The van der Waals surface area contributed by atoms with E-state index < -0.39 is 0 Å². The van der Waals surface area contributed by atoms with E-state index in [2.05, 4.69) is 15.1 Å². The van der Waals surface area contributed by atoms with Crippen LogP contribution in [0.3, 0.4) is 0 Å². The van der Waals surface area contributed by atoms with Crippen molar-refractivity contribution >= 4 is 17.0 Å². The third-order valence-corrected chi connectivity index (χ3v) is 3.91. The Morgan fingerprint density at radius 3 is 2.88 bits per heavy atom. The molecule has 7 nitrogen and oxygen atoms in total. The molecule has 0 fully saturated rings. The standard InChI is InChI=1S/C17H20N4O3/c1-4-24-15(22)8-6-12-11(3)20-21(16(12)23)17-18-13-7-5-10(2)9-14(13)19-17/h5,7,9,20H,4,6,8H2,1-3H3,(H,18,19). The molecule has 3 rings (SSSR count). The fourth-order valence-electron chi connectivity index (χ4n) is 2.70. The Morgan fingerprint density at radius 2 is 2.12 bits per heavy atom. The molecular weight excluding hydrogens is 308 g/mol. The summed E-state index contributed by atoms with van der Waals surface area (Å²) in [5, 5.41) is 3.02. The molecule has 0 unspecified atom stereocenters. The summed E-state index contributed by atoms with van der Waals surface area (Å²) >= 11 is 0. The Morgan fingerprint density at radius 1 is 1.33 bits per heavy atom. The zero-order chi connectivity index (χ0) is 17.3. The number of rotatable bonds is 5. The number of aromatic amines is 2. The lowest BCUT2D eigenvalue weighted by Gasteiger charge is -1.99. The van der Waals surface area contributed by atoms with Gasteiger partial charge in [0.2, 0.25) is 5.95 Å². The van der Waals surface area contributed by atoms with E-state index in [1.165, 1.54) is 4.68 Å². The average molecular weight is 328 g/mol. The normalized spacial score (nSPS) is 11.1. The summed E-state index contributed by atoms with van der Waals surface area (Å²) < 4.78 is 6.29. The molecule has 0 aliphatic carbocycles. The molecule has 0 amide bonds. The van der Waals surface area contributed by atoms with Crippen molar-refractivity contribution in [1.29, 1.82) is 0 Å². The second kappa shape index (κ2) is 6.35. The zero-order valence-corrected chi connectivity index (χ0v) is 14.0. The van der Waals surface area contributed by atoms with E-state index in [0.29, 0.717) is 24.5 Å². The summed E-state index contributed by atoms with van der Waals surface area (Å²) in [7, 11) is 0. The summed E-state index contributed by atoms with van der Waals surface area (Å²) in [5.74, 6) is 0.134. The van der Waals surface area contributed by atoms with Crippen molar-refractivity contribution in [1.82, 2.24) is 19.7 Å². The molecular formula is C17H20N4O3. The van der Waals surface area contributed by atoms with Gasteiger partial charge in [-0.2, -0.15) is 4.68 Å². The fraction of sp³-hybridized carbons (Fsp3) is 0.353. The first-order valence-electron chi connectivity index (χ1n) is 7.92. The van der Waals surface area contributed by atoms with Crippen LogP contribution in [0.1, 0.15) is 30.2 Å². The molecule has 1 aromatic carbocycles. The van der Waals surface area contributed by atoms with Crippen LogP contribution in [-0.2, 0) is 16.0 Å². The molecule has 0 saturated heterocycles. The second-order valence-corrected chi connectivity index (χ2v) is 5.74. The molecule has 24 heavy (non-hydrogen) atoms. The van der Waals surface area contributed by atoms with Crippen molar-refractivity contribution in [3.8, 4) is 5.95 Å². The quantitative estimate of drug-likeness (QED) is 0.702. The van der Waals surface area contributed by atoms with Gasteiger partial charge in [-0.15, -0.1) is 0 Å². The van der Waals surface area contributed by atoms with Crippen LogP contribution in [0.25, 0.3) is 17.0 Å². The van der Waals surface area contributed by atoms with Crippen LogP contribution in [0.15, 0.2) is 23.0 Å². The van der Waals surface area contributed by atoms with Crippen molar-refractivity contribution in [2.24, 2.45) is 0 Å². The number of fused-ring (bicyclic) bond motifs is 1. The summed E-state index contributed by atoms with van der Waals surface area (Å²) in [6.07, 6.45) is 0.521. The van der Waals surface area contributed by atoms with Gasteiger partial charge in [-0.3, -0.25) is 14.7 Å². The molecule has 7 heteroatoms. The minimum atomic E-state index is -0.303. The van der Waals surface area contributed by atoms with Crippen molar-refractivity contribution < 1.29 is 9.53 Å². The van der Waals surface area contributed by atoms with Crippen molar-refractivity contribution in [3.05, 3.63) is 45.4 Å². The Hall–Kier alpha value is -2.83. The van der Waals surface area contributed by atoms with Crippen LogP contribution in [0.2, 0.25) is 0 Å². The fourth-order valence-corrected chi connectivity index (χ4v) is 2.70. The SMILES string of the molecule is CCOC(=O)CCc1c(C)[nH]n(-c2nc3ccc(C)cc3[nH]2)c1=O. The van der Waals surface area contributed by atoms with Crippen LogP contribution >= 0.6 is 0 Å². The monoisotopic (exact) mass is 328 g/mol. The van der Waals surface area contributed by atoms with E-state index in [9.17, 15) is 9.59 Å². The van der Waals surface area contributed by atoms with Gasteiger partial charge in [0.25, 0.3) is 5.56 Å². The highest BCUT2D eigenvalue weighted by Gasteiger charge is 2.16. The number of carbonyl (C=O) groups excluding carboxylic acids is 1. The van der Waals surface area contributed by atoms with Gasteiger partial charge in [0, 0.05) is 17.7 Å². The maximum absolute atomic E-state index is 12.6. The van der Waals surface area contributed by atoms with Gasteiger partial charge in [0.15, 0.2) is 0 Å². The average Bonchev–Trinajstić information content (AvgIpc) is 3.06. The number of nitrogens with zero attached hydrogens (tertiary/aromatic N) is 2. The lowest BCUT2D eigenvalue weighted by Crippen LogP contribution is -2.19. The minimum Gasteiger partial charge on any atom is -0.466 e. The molecule has 0 radical (unpaired) electrons. The minimum absolute atomic E-state index is 0.182. The first kappa shape index (κ1) is 16.0. The van der Waals surface area contributed by atoms with Crippen molar-refractivity contribution in [2.75, 3.05) is 6.61 Å². The van der Waals surface area contributed by atoms with Gasteiger partial charge in [-0.1, -0.05) is 6.07 Å². The van der Waals surface area contributed by atoms with Crippen molar-refractivity contribution in [3.63, 3.8) is 0 Å². The summed E-state index contributed by atoms with van der Waals surface area (Å²) in [5.41, 5.74) is 3.87. The number of esters is 1. The highest BCUT2D eigenvalue weighted by atomic mass is 16.5. The first-order valence-corrected chi connectivity index (χ1v) is 7.92. The predicted molar refractivity (Wildman–Crippen MR) is 90.5 cm³/mol. The molecule has 126 valence electrons. The topological polar surface area (TPSA) is 92.8 Å². The molecule has 3 aromatic rings. The van der Waals surface area contributed by atoms with E-state index in [1.807, 2.05) is 32.0 Å². The van der Waals surface area contributed by atoms with Crippen molar-refractivity contribution in [2.45, 2.75) is 33.6 Å². The van der Waals surface area contributed by atoms with E-state index in [0.717, 1.165) is 22.3 Å². The largest absolute Gasteiger partial charge is 0.466 e. The Labute approximate surface area is 138 Å². The molecule has 2 N–H and O–H groups in total.